The molecule has 0 unspecified atom stereocenters. The maximum atomic E-state index is 12.6. The van der Waals surface area contributed by atoms with Crippen LogP contribution in [0.15, 0.2) is 29.1 Å². The van der Waals surface area contributed by atoms with Crippen LogP contribution in [-0.2, 0) is 11.3 Å². The van der Waals surface area contributed by atoms with Crippen molar-refractivity contribution in [1.82, 2.24) is 29.9 Å². The summed E-state index contributed by atoms with van der Waals surface area (Å²) in [5.41, 5.74) is 1.36. The summed E-state index contributed by atoms with van der Waals surface area (Å²) in [6, 6.07) is 7.48. The largest absolute Gasteiger partial charge is 0.343 e. The summed E-state index contributed by atoms with van der Waals surface area (Å²) in [5.74, 6) is 1.28. The number of carbonyl (C=O) groups excluding carboxylic acids is 1. The van der Waals surface area contributed by atoms with Crippen molar-refractivity contribution in [3.63, 3.8) is 0 Å². The molecular weight excluding hydrogens is 404 g/mol. The standard InChI is InChI=1S/C21H25ClN6O2/c1-13(2)10-17(29)27-8-6-15(7-9-27)19-23-20-18(21(30)24-19)25-26-28(20)12-14-4-3-5-16(22)11-14/h3-5,11,13,15H,6-10,12H2,1-2H3,(H,23,24,30). The van der Waals surface area contributed by atoms with Gasteiger partial charge in [0.25, 0.3) is 5.56 Å². The molecule has 3 heterocycles. The van der Waals surface area contributed by atoms with Gasteiger partial charge in [0.15, 0.2) is 11.2 Å². The Labute approximate surface area is 179 Å². The van der Waals surface area contributed by atoms with Crippen molar-refractivity contribution in [2.45, 2.75) is 45.6 Å². The molecule has 1 fully saturated rings. The van der Waals surface area contributed by atoms with E-state index in [0.29, 0.717) is 48.5 Å². The van der Waals surface area contributed by atoms with Crippen LogP contribution in [0.5, 0.6) is 0 Å². The minimum Gasteiger partial charge on any atom is -0.343 e. The summed E-state index contributed by atoms with van der Waals surface area (Å²) < 4.78 is 1.63. The van der Waals surface area contributed by atoms with E-state index < -0.39 is 0 Å². The monoisotopic (exact) mass is 428 g/mol. The molecule has 0 aliphatic carbocycles. The molecule has 1 aliphatic heterocycles. The van der Waals surface area contributed by atoms with Crippen molar-refractivity contribution in [3.05, 3.63) is 51.0 Å². The van der Waals surface area contributed by atoms with Crippen molar-refractivity contribution < 1.29 is 4.79 Å². The van der Waals surface area contributed by atoms with Gasteiger partial charge in [0.1, 0.15) is 5.82 Å². The number of hydrogen-bond donors (Lipinski definition) is 1. The van der Waals surface area contributed by atoms with Crippen LogP contribution in [0, 0.1) is 5.92 Å². The Hall–Kier alpha value is -2.74. The Kier molecular flexibility index (Phi) is 5.85. The lowest BCUT2D eigenvalue weighted by Crippen LogP contribution is -2.38. The Morgan fingerprint density at radius 2 is 2.07 bits per heavy atom. The molecule has 158 valence electrons. The van der Waals surface area contributed by atoms with Crippen LogP contribution in [0.25, 0.3) is 11.2 Å². The first-order valence-electron chi connectivity index (χ1n) is 10.3. The maximum Gasteiger partial charge on any atom is 0.281 e. The van der Waals surface area contributed by atoms with Crippen LogP contribution in [0.2, 0.25) is 5.02 Å². The second-order valence-electron chi connectivity index (χ2n) is 8.25. The van der Waals surface area contributed by atoms with Crippen LogP contribution in [0.3, 0.4) is 0 Å². The van der Waals surface area contributed by atoms with E-state index in [0.717, 1.165) is 18.4 Å². The molecule has 1 saturated heterocycles. The third-order valence-electron chi connectivity index (χ3n) is 5.43. The van der Waals surface area contributed by atoms with Crippen LogP contribution in [0.1, 0.15) is 50.4 Å². The summed E-state index contributed by atoms with van der Waals surface area (Å²) in [6.07, 6.45) is 2.11. The minimum absolute atomic E-state index is 0.0970. The van der Waals surface area contributed by atoms with E-state index in [9.17, 15) is 9.59 Å². The van der Waals surface area contributed by atoms with E-state index in [1.54, 1.807) is 4.68 Å². The quantitative estimate of drug-likeness (QED) is 0.673. The summed E-state index contributed by atoms with van der Waals surface area (Å²) in [7, 11) is 0. The number of rotatable bonds is 5. The first kappa shape index (κ1) is 20.5. The van der Waals surface area contributed by atoms with E-state index in [1.165, 1.54) is 0 Å². The van der Waals surface area contributed by atoms with Crippen molar-refractivity contribution in [3.8, 4) is 0 Å². The molecule has 8 nitrogen and oxygen atoms in total. The Bertz CT molecular complexity index is 1110. The number of carbonyl (C=O) groups is 1. The van der Waals surface area contributed by atoms with E-state index >= 15 is 0 Å². The highest BCUT2D eigenvalue weighted by atomic mass is 35.5. The first-order valence-corrected chi connectivity index (χ1v) is 10.6. The smallest absolute Gasteiger partial charge is 0.281 e. The molecule has 30 heavy (non-hydrogen) atoms. The number of benzene rings is 1. The fourth-order valence-corrected chi connectivity index (χ4v) is 4.08. The van der Waals surface area contributed by atoms with Gasteiger partial charge in [-0.05, 0) is 36.5 Å². The van der Waals surface area contributed by atoms with Crippen molar-refractivity contribution in [1.29, 1.82) is 0 Å². The molecule has 4 rings (SSSR count). The number of hydrogen-bond acceptors (Lipinski definition) is 5. The lowest BCUT2D eigenvalue weighted by molar-refractivity contribution is -0.133. The first-order chi connectivity index (χ1) is 14.4. The fourth-order valence-electron chi connectivity index (χ4n) is 3.87. The van der Waals surface area contributed by atoms with Gasteiger partial charge < -0.3 is 9.88 Å². The number of aromatic nitrogens is 5. The Morgan fingerprint density at radius 3 is 2.77 bits per heavy atom. The van der Waals surface area contributed by atoms with Gasteiger partial charge >= 0.3 is 0 Å². The maximum absolute atomic E-state index is 12.6. The summed E-state index contributed by atoms with van der Waals surface area (Å²) in [6.45, 7) is 5.88. The number of likely N-dealkylation sites (tertiary alicyclic amines) is 1. The van der Waals surface area contributed by atoms with Crippen LogP contribution in [-0.4, -0.2) is 48.9 Å². The van der Waals surface area contributed by atoms with Crippen LogP contribution >= 0.6 is 11.6 Å². The third kappa shape index (κ3) is 4.38. The minimum atomic E-state index is -0.286. The predicted molar refractivity (Wildman–Crippen MR) is 115 cm³/mol. The van der Waals surface area contributed by atoms with Crippen LogP contribution < -0.4 is 5.56 Å². The van der Waals surface area contributed by atoms with Gasteiger partial charge in [-0.25, -0.2) is 9.67 Å². The topological polar surface area (TPSA) is 96.8 Å². The average Bonchev–Trinajstić information content (AvgIpc) is 3.11. The van der Waals surface area contributed by atoms with Gasteiger partial charge in [-0.15, -0.1) is 5.10 Å². The van der Waals surface area contributed by atoms with Gasteiger partial charge in [0.05, 0.1) is 6.54 Å². The number of piperidine rings is 1. The normalized spacial score (nSPS) is 15.3. The van der Waals surface area contributed by atoms with Gasteiger partial charge in [0.2, 0.25) is 5.91 Å². The molecule has 9 heteroatoms. The number of amides is 1. The lowest BCUT2D eigenvalue weighted by atomic mass is 9.95. The average molecular weight is 429 g/mol. The summed E-state index contributed by atoms with van der Waals surface area (Å²) in [5, 5.41) is 8.77. The fraction of sp³-hybridized carbons (Fsp3) is 0.476. The number of nitrogens with one attached hydrogen (secondary N) is 1. The molecule has 1 amide bonds. The van der Waals surface area contributed by atoms with Gasteiger partial charge in [-0.3, -0.25) is 9.59 Å². The number of aromatic amines is 1. The van der Waals surface area contributed by atoms with Gasteiger partial charge in [0, 0.05) is 30.5 Å². The molecular formula is C21H25ClN6O2. The number of nitrogens with zero attached hydrogens (tertiary/aromatic N) is 5. The molecule has 1 aliphatic rings. The highest BCUT2D eigenvalue weighted by Gasteiger charge is 2.26. The molecule has 1 aromatic carbocycles. The number of fused-ring (bicyclic) bond motifs is 1. The van der Waals surface area contributed by atoms with E-state index in [2.05, 4.69) is 29.1 Å². The number of H-pyrrole nitrogens is 1. The molecule has 0 atom stereocenters. The zero-order valence-electron chi connectivity index (χ0n) is 17.1. The molecule has 0 radical (unpaired) electrons. The molecule has 3 aromatic rings. The van der Waals surface area contributed by atoms with E-state index in [1.807, 2.05) is 29.2 Å². The van der Waals surface area contributed by atoms with Gasteiger partial charge in [-0.2, -0.15) is 0 Å². The molecule has 0 bridgehead atoms. The molecule has 2 aromatic heterocycles. The molecule has 1 N–H and O–H groups in total. The van der Waals surface area contributed by atoms with Crippen molar-refractivity contribution in [2.75, 3.05) is 13.1 Å². The van der Waals surface area contributed by atoms with E-state index in [-0.39, 0.29) is 22.9 Å². The third-order valence-corrected chi connectivity index (χ3v) is 5.67. The molecule has 0 spiro atoms. The molecule has 0 saturated carbocycles. The van der Waals surface area contributed by atoms with Crippen molar-refractivity contribution >= 4 is 28.7 Å². The van der Waals surface area contributed by atoms with E-state index in [4.69, 9.17) is 16.6 Å². The number of halogens is 1. The second kappa shape index (κ2) is 8.55. The Balaban J connectivity index is 1.54. The second-order valence-corrected chi connectivity index (χ2v) is 8.69. The Morgan fingerprint density at radius 1 is 1.30 bits per heavy atom. The summed E-state index contributed by atoms with van der Waals surface area (Å²) in [4.78, 5) is 34.4. The summed E-state index contributed by atoms with van der Waals surface area (Å²) >= 11 is 6.07. The predicted octanol–water partition coefficient (Wildman–Crippen LogP) is 2.97. The SMILES string of the molecule is CC(C)CC(=O)N1CCC(c2nc3c(nnn3Cc3cccc(Cl)c3)c(=O)[nH]2)CC1. The van der Waals surface area contributed by atoms with Crippen LogP contribution in [0.4, 0.5) is 0 Å². The zero-order valence-corrected chi connectivity index (χ0v) is 17.9. The lowest BCUT2D eigenvalue weighted by Gasteiger charge is -2.32. The highest BCUT2D eigenvalue weighted by Crippen LogP contribution is 2.26. The van der Waals surface area contributed by atoms with Gasteiger partial charge in [-0.1, -0.05) is 42.8 Å². The van der Waals surface area contributed by atoms with Crippen molar-refractivity contribution in [2.24, 2.45) is 5.92 Å². The zero-order chi connectivity index (χ0) is 21.3. The highest BCUT2D eigenvalue weighted by molar-refractivity contribution is 6.30.